The second-order valence-corrected chi connectivity index (χ2v) is 6.96. The second-order valence-electron chi connectivity index (χ2n) is 4.36. The molecule has 0 bridgehead atoms. The maximum absolute atomic E-state index is 12.5. The quantitative estimate of drug-likeness (QED) is 0.672. The molecule has 0 aromatic heterocycles. The maximum atomic E-state index is 12.5. The average molecular weight is 341 g/mol. The van der Waals surface area contributed by atoms with Crippen molar-refractivity contribution in [1.29, 1.82) is 0 Å². The molecule has 1 fully saturated rings. The number of sulfone groups is 1. The Hall–Kier alpha value is -0.890. The van der Waals surface area contributed by atoms with E-state index in [1.54, 1.807) is 0 Å². The van der Waals surface area contributed by atoms with Gasteiger partial charge in [0.05, 0.1) is 10.2 Å². The van der Waals surface area contributed by atoms with Crippen LogP contribution in [0.5, 0.6) is 0 Å². The third-order valence-electron chi connectivity index (χ3n) is 3.13. The molecule has 112 valence electrons. The lowest BCUT2D eigenvalue weighted by molar-refractivity contribution is -0.387. The molecular formula is C11H14Cl2N2O4S. The average Bonchev–Trinajstić information content (AvgIpc) is 2.39. The van der Waals surface area contributed by atoms with Gasteiger partial charge in [-0.3, -0.25) is 10.1 Å². The van der Waals surface area contributed by atoms with Gasteiger partial charge in [-0.1, -0.05) is 17.7 Å². The lowest BCUT2D eigenvalue weighted by atomic mass is 10.2. The molecule has 0 amide bonds. The largest absolute Gasteiger partial charge is 0.315 e. The van der Waals surface area contributed by atoms with Gasteiger partial charge in [0.25, 0.3) is 0 Å². The molecule has 20 heavy (non-hydrogen) atoms. The van der Waals surface area contributed by atoms with Gasteiger partial charge in [-0.2, -0.15) is 0 Å². The summed E-state index contributed by atoms with van der Waals surface area (Å²) in [6.07, 6.45) is 1.23. The first-order valence-corrected chi connectivity index (χ1v) is 7.74. The normalized spacial score (nSPS) is 19.1. The molecule has 0 spiro atoms. The van der Waals surface area contributed by atoms with Gasteiger partial charge in [0.2, 0.25) is 0 Å². The van der Waals surface area contributed by atoms with Crippen LogP contribution in [-0.4, -0.2) is 31.7 Å². The van der Waals surface area contributed by atoms with Crippen LogP contribution >= 0.6 is 24.0 Å². The second kappa shape index (κ2) is 6.71. The van der Waals surface area contributed by atoms with E-state index in [4.69, 9.17) is 11.6 Å². The summed E-state index contributed by atoms with van der Waals surface area (Å²) in [5.74, 6) is 0. The summed E-state index contributed by atoms with van der Waals surface area (Å²) >= 11 is 5.75. The summed E-state index contributed by atoms with van der Waals surface area (Å²) < 4.78 is 24.9. The number of halogens is 2. The standard InChI is InChI=1S/C11H13ClN2O4S.ClH/c12-9-4-1-5-10(11(9)14(15)16)19(17,18)8-3-2-6-13-7-8;/h1,4-5,8,13H,2-3,6-7H2;1H. The van der Waals surface area contributed by atoms with Gasteiger partial charge < -0.3 is 5.32 Å². The lowest BCUT2D eigenvalue weighted by Gasteiger charge is -2.22. The number of benzene rings is 1. The minimum atomic E-state index is -3.75. The molecule has 0 aliphatic carbocycles. The summed E-state index contributed by atoms with van der Waals surface area (Å²) in [5, 5.41) is 13.2. The van der Waals surface area contributed by atoms with Crippen molar-refractivity contribution in [3.8, 4) is 0 Å². The van der Waals surface area contributed by atoms with Crippen LogP contribution in [0.3, 0.4) is 0 Å². The van der Waals surface area contributed by atoms with E-state index in [0.717, 1.165) is 13.0 Å². The zero-order chi connectivity index (χ0) is 14.0. The molecule has 1 saturated heterocycles. The number of rotatable bonds is 3. The number of hydrogen-bond donors (Lipinski definition) is 1. The molecule has 0 saturated carbocycles. The molecular weight excluding hydrogens is 327 g/mol. The third-order valence-corrected chi connectivity index (χ3v) is 5.66. The van der Waals surface area contributed by atoms with Gasteiger partial charge in [0, 0.05) is 6.54 Å². The van der Waals surface area contributed by atoms with Crippen molar-refractivity contribution in [3.63, 3.8) is 0 Å². The fourth-order valence-electron chi connectivity index (χ4n) is 2.17. The molecule has 0 radical (unpaired) electrons. The highest BCUT2D eigenvalue weighted by Crippen LogP contribution is 2.34. The van der Waals surface area contributed by atoms with E-state index in [1.165, 1.54) is 18.2 Å². The van der Waals surface area contributed by atoms with Crippen molar-refractivity contribution in [2.75, 3.05) is 13.1 Å². The van der Waals surface area contributed by atoms with Crippen molar-refractivity contribution < 1.29 is 13.3 Å². The topological polar surface area (TPSA) is 89.3 Å². The predicted octanol–water partition coefficient (Wildman–Crippen LogP) is 2.20. The molecule has 9 heteroatoms. The highest BCUT2D eigenvalue weighted by atomic mass is 35.5. The van der Waals surface area contributed by atoms with Crippen LogP contribution in [0.25, 0.3) is 0 Å². The molecule has 1 aromatic carbocycles. The van der Waals surface area contributed by atoms with Crippen LogP contribution in [0.15, 0.2) is 23.1 Å². The summed E-state index contributed by atoms with van der Waals surface area (Å²) in [5.41, 5.74) is -0.533. The lowest BCUT2D eigenvalue weighted by Crippen LogP contribution is -2.38. The van der Waals surface area contributed by atoms with Crippen LogP contribution in [0.1, 0.15) is 12.8 Å². The van der Waals surface area contributed by atoms with E-state index in [9.17, 15) is 18.5 Å². The molecule has 6 nitrogen and oxygen atoms in total. The Labute approximate surface area is 128 Å². The van der Waals surface area contributed by atoms with Crippen molar-refractivity contribution in [2.45, 2.75) is 23.0 Å². The fourth-order valence-corrected chi connectivity index (χ4v) is 4.36. The third kappa shape index (κ3) is 3.22. The molecule has 1 aromatic rings. The Bertz CT molecular complexity index is 600. The number of nitrogens with zero attached hydrogens (tertiary/aromatic N) is 1. The fraction of sp³-hybridized carbons (Fsp3) is 0.455. The monoisotopic (exact) mass is 340 g/mol. The minimum absolute atomic E-state index is 0. The van der Waals surface area contributed by atoms with E-state index < -0.39 is 25.7 Å². The van der Waals surface area contributed by atoms with Crippen molar-refractivity contribution in [3.05, 3.63) is 33.3 Å². The van der Waals surface area contributed by atoms with Gasteiger partial charge in [-0.05, 0) is 31.5 Å². The van der Waals surface area contributed by atoms with E-state index in [2.05, 4.69) is 5.32 Å². The van der Waals surface area contributed by atoms with E-state index in [0.29, 0.717) is 13.0 Å². The van der Waals surface area contributed by atoms with Crippen LogP contribution in [0.4, 0.5) is 5.69 Å². The van der Waals surface area contributed by atoms with Gasteiger partial charge >= 0.3 is 5.69 Å². The highest BCUT2D eigenvalue weighted by molar-refractivity contribution is 7.92. The maximum Gasteiger partial charge on any atom is 0.306 e. The number of nitrogens with one attached hydrogen (secondary N) is 1. The van der Waals surface area contributed by atoms with Crippen LogP contribution in [-0.2, 0) is 9.84 Å². The summed E-state index contributed by atoms with van der Waals surface area (Å²) in [6.45, 7) is 1.08. The first-order valence-electron chi connectivity index (χ1n) is 5.82. The molecule has 1 heterocycles. The van der Waals surface area contributed by atoms with Gasteiger partial charge in [0.15, 0.2) is 9.84 Å². The Balaban J connectivity index is 0.00000200. The van der Waals surface area contributed by atoms with E-state index in [1.807, 2.05) is 0 Å². The zero-order valence-electron chi connectivity index (χ0n) is 10.4. The highest BCUT2D eigenvalue weighted by Gasteiger charge is 2.35. The summed E-state index contributed by atoms with van der Waals surface area (Å²) in [4.78, 5) is 9.98. The van der Waals surface area contributed by atoms with E-state index in [-0.39, 0.29) is 22.3 Å². The molecule has 1 atom stereocenters. The number of hydrogen-bond acceptors (Lipinski definition) is 5. The number of para-hydroxylation sites is 1. The van der Waals surface area contributed by atoms with Crippen molar-refractivity contribution in [2.24, 2.45) is 0 Å². The number of piperidine rings is 1. The Morgan fingerprint density at radius 3 is 2.65 bits per heavy atom. The molecule has 1 aliphatic heterocycles. The predicted molar refractivity (Wildman–Crippen MR) is 78.4 cm³/mol. The first-order chi connectivity index (χ1) is 8.94. The summed E-state index contributed by atoms with van der Waals surface area (Å²) in [6, 6.07) is 3.98. The molecule has 1 N–H and O–H groups in total. The zero-order valence-corrected chi connectivity index (χ0v) is 12.8. The Kier molecular flexibility index (Phi) is 5.76. The van der Waals surface area contributed by atoms with Crippen molar-refractivity contribution in [1.82, 2.24) is 5.32 Å². The van der Waals surface area contributed by atoms with E-state index >= 15 is 0 Å². The van der Waals surface area contributed by atoms with Gasteiger partial charge in [0.1, 0.15) is 9.92 Å². The number of nitro benzene ring substituents is 1. The van der Waals surface area contributed by atoms with Crippen LogP contribution in [0.2, 0.25) is 5.02 Å². The molecule has 1 unspecified atom stereocenters. The minimum Gasteiger partial charge on any atom is -0.315 e. The Morgan fingerprint density at radius 1 is 1.40 bits per heavy atom. The van der Waals surface area contributed by atoms with Crippen LogP contribution in [0, 0.1) is 10.1 Å². The smallest absolute Gasteiger partial charge is 0.306 e. The van der Waals surface area contributed by atoms with Gasteiger partial charge in [-0.25, -0.2) is 8.42 Å². The first kappa shape index (κ1) is 17.2. The molecule has 2 rings (SSSR count). The van der Waals surface area contributed by atoms with Crippen molar-refractivity contribution >= 4 is 39.5 Å². The van der Waals surface area contributed by atoms with Gasteiger partial charge in [-0.15, -0.1) is 12.4 Å². The molecule has 1 aliphatic rings. The number of nitro groups is 1. The van der Waals surface area contributed by atoms with Crippen LogP contribution < -0.4 is 5.32 Å². The Morgan fingerprint density at radius 2 is 2.10 bits per heavy atom. The SMILES string of the molecule is Cl.O=[N+]([O-])c1c(Cl)cccc1S(=O)(=O)C1CCCNC1. The summed E-state index contributed by atoms with van der Waals surface area (Å²) in [7, 11) is -3.75.